The Morgan fingerprint density at radius 3 is 1.68 bits per heavy atom. The normalized spacial score (nSPS) is 11.6. The summed E-state index contributed by atoms with van der Waals surface area (Å²) in [6.45, 7) is 1.85. The van der Waals surface area contributed by atoms with E-state index >= 15 is 0 Å². The molecule has 2 nitrogen and oxygen atoms in total. The van der Waals surface area contributed by atoms with Crippen molar-refractivity contribution in [2.75, 3.05) is 6.66 Å². The van der Waals surface area contributed by atoms with Gasteiger partial charge in [0.1, 0.15) is 0 Å². The molecule has 3 aromatic carbocycles. The fourth-order valence-corrected chi connectivity index (χ4v) is 3.31. The van der Waals surface area contributed by atoms with Gasteiger partial charge in [0.2, 0.25) is 0 Å². The average molecular weight is 348 g/mol. The zero-order chi connectivity index (χ0) is 17.5. The fraction of sp³-hybridized carbons (Fsp3) is 0.136. The molecule has 0 spiro atoms. The summed E-state index contributed by atoms with van der Waals surface area (Å²) in [5.41, 5.74) is 2.09. The first-order valence-electron chi connectivity index (χ1n) is 8.30. The molecule has 0 aromatic heterocycles. The second-order valence-corrected chi connectivity index (χ2v) is 6.77. The molecule has 0 amide bonds. The second-order valence-electron chi connectivity index (χ2n) is 5.86. The van der Waals surface area contributed by atoms with Crippen LogP contribution in [0.5, 0.6) is 0 Å². The van der Waals surface area contributed by atoms with E-state index in [9.17, 15) is 4.79 Å². The highest BCUT2D eigenvalue weighted by Crippen LogP contribution is 2.39. The minimum absolute atomic E-state index is 0.0945. The van der Waals surface area contributed by atoms with Crippen molar-refractivity contribution < 1.29 is 9.53 Å². The first kappa shape index (κ1) is 17.4. The van der Waals surface area contributed by atoms with E-state index in [1.807, 2.05) is 85.5 Å². The molecule has 1 unspecified atom stereocenters. The number of carbonyl (C=O) groups excluding carboxylic acids is 1. The molecule has 1 atom stereocenters. The van der Waals surface area contributed by atoms with E-state index in [0.717, 1.165) is 16.7 Å². The molecule has 0 aliphatic carbocycles. The van der Waals surface area contributed by atoms with Gasteiger partial charge in [-0.3, -0.25) is 0 Å². The summed E-state index contributed by atoms with van der Waals surface area (Å²) in [4.78, 5) is 12.4. The lowest BCUT2D eigenvalue weighted by molar-refractivity contribution is 0.0580. The van der Waals surface area contributed by atoms with Gasteiger partial charge in [0.05, 0.1) is 0 Å². The number of hydrogen-bond acceptors (Lipinski definition) is 2. The fourth-order valence-electron chi connectivity index (χ4n) is 3.03. The van der Waals surface area contributed by atoms with Crippen molar-refractivity contribution >= 4 is 14.3 Å². The van der Waals surface area contributed by atoms with Gasteiger partial charge in [-0.25, -0.2) is 4.79 Å². The molecule has 0 radical (unpaired) electrons. The van der Waals surface area contributed by atoms with Crippen molar-refractivity contribution in [3.05, 3.63) is 108 Å². The third-order valence-electron chi connectivity index (χ3n) is 4.25. The number of ether oxygens (including phenoxy) is 1. The summed E-state index contributed by atoms with van der Waals surface area (Å²) >= 11 is 0. The maximum absolute atomic E-state index is 12.4. The van der Waals surface area contributed by atoms with Crippen molar-refractivity contribution in [3.63, 3.8) is 0 Å². The lowest BCUT2D eigenvalue weighted by Gasteiger charge is -2.35. The number of rotatable bonds is 6. The van der Waals surface area contributed by atoms with E-state index in [1.54, 1.807) is 0 Å². The summed E-state index contributed by atoms with van der Waals surface area (Å²) < 4.78 is 6.14. The van der Waals surface area contributed by atoms with Crippen molar-refractivity contribution in [1.82, 2.24) is 0 Å². The summed E-state index contributed by atoms with van der Waals surface area (Å²) in [5.74, 6) is 0. The molecule has 0 N–H and O–H groups in total. The van der Waals surface area contributed by atoms with Gasteiger partial charge >= 0.3 is 5.71 Å². The van der Waals surface area contributed by atoms with Gasteiger partial charge in [-0.1, -0.05) is 91.0 Å². The van der Waals surface area contributed by atoms with Gasteiger partial charge in [-0.15, -0.1) is 0 Å². The summed E-state index contributed by atoms with van der Waals surface area (Å²) in [6, 6.07) is 30.2. The van der Waals surface area contributed by atoms with Gasteiger partial charge in [0.25, 0.3) is 0 Å². The Morgan fingerprint density at radius 2 is 1.24 bits per heavy atom. The summed E-state index contributed by atoms with van der Waals surface area (Å²) in [6.07, 6.45) is 0.595. The van der Waals surface area contributed by atoms with E-state index in [-0.39, 0.29) is 14.3 Å². The smallest absolute Gasteiger partial charge is 0.323 e. The summed E-state index contributed by atoms with van der Waals surface area (Å²) in [5, 5.41) is 0. The van der Waals surface area contributed by atoms with Gasteiger partial charge in [0.15, 0.2) is 5.60 Å². The largest absolute Gasteiger partial charge is 0.446 e. The summed E-state index contributed by atoms with van der Waals surface area (Å²) in [7, 11) is 0.0945. The van der Waals surface area contributed by atoms with E-state index in [0.29, 0.717) is 6.42 Å². The Bertz CT molecular complexity index is 762. The highest BCUT2D eigenvalue weighted by Gasteiger charge is 2.38. The van der Waals surface area contributed by atoms with E-state index < -0.39 is 5.60 Å². The van der Waals surface area contributed by atoms with Crippen LogP contribution in [0.3, 0.4) is 0 Å². The second kappa shape index (κ2) is 8.09. The molecule has 126 valence electrons. The van der Waals surface area contributed by atoms with Gasteiger partial charge in [-0.05, 0) is 20.8 Å². The van der Waals surface area contributed by atoms with Gasteiger partial charge < -0.3 is 4.74 Å². The quantitative estimate of drug-likeness (QED) is 0.541. The Hall–Kier alpha value is -2.44. The van der Waals surface area contributed by atoms with E-state index in [2.05, 4.69) is 12.1 Å². The van der Waals surface area contributed by atoms with Crippen LogP contribution in [-0.4, -0.2) is 12.4 Å². The van der Waals surface area contributed by atoms with E-state index in [1.165, 1.54) is 0 Å². The zero-order valence-electron chi connectivity index (χ0n) is 14.2. The number of hydrogen-bond donors (Lipinski definition) is 0. The minimum atomic E-state index is -0.829. The molecule has 0 bridgehead atoms. The van der Waals surface area contributed by atoms with Crippen LogP contribution in [0.15, 0.2) is 91.0 Å². The predicted molar refractivity (Wildman–Crippen MR) is 105 cm³/mol. The van der Waals surface area contributed by atoms with Crippen LogP contribution in [0, 0.1) is 0 Å². The lowest BCUT2D eigenvalue weighted by Crippen LogP contribution is -2.35. The first-order chi connectivity index (χ1) is 12.2. The Balaban J connectivity index is 2.17. The van der Waals surface area contributed by atoms with Crippen LogP contribution in [0.2, 0.25) is 0 Å². The molecule has 0 aliphatic heterocycles. The molecule has 3 aromatic rings. The maximum atomic E-state index is 12.4. The Labute approximate surface area is 150 Å². The number of benzene rings is 3. The van der Waals surface area contributed by atoms with Crippen LogP contribution < -0.4 is 0 Å². The Kier molecular flexibility index (Phi) is 5.63. The molecular weight excluding hydrogens is 327 g/mol. The zero-order valence-corrected chi connectivity index (χ0v) is 15.2. The first-order valence-corrected chi connectivity index (χ1v) is 9.80. The van der Waals surface area contributed by atoms with Gasteiger partial charge in [0, 0.05) is 17.5 Å². The molecule has 0 saturated carbocycles. The van der Waals surface area contributed by atoms with Crippen LogP contribution in [0.1, 0.15) is 16.7 Å². The highest BCUT2D eigenvalue weighted by molar-refractivity contribution is 7.56. The molecule has 0 aliphatic rings. The van der Waals surface area contributed by atoms with Crippen molar-refractivity contribution in [3.8, 4) is 0 Å². The monoisotopic (exact) mass is 348 g/mol. The standard InChI is InChI=1S/C22H21O2P/c1-25-21(23)24-22(19-13-7-3-8-14-19,20-15-9-4-10-16-20)17-18-11-5-2-6-12-18/h2-16,25H,17H2,1H3. The van der Waals surface area contributed by atoms with Crippen LogP contribution in [0.4, 0.5) is 4.79 Å². The average Bonchev–Trinajstić information content (AvgIpc) is 2.69. The maximum Gasteiger partial charge on any atom is 0.323 e. The molecular formula is C22H21O2P. The SMILES string of the molecule is CPC(=O)OC(Cc1ccccc1)(c1ccccc1)c1ccccc1. The van der Waals surface area contributed by atoms with Gasteiger partial charge in [-0.2, -0.15) is 0 Å². The van der Waals surface area contributed by atoms with E-state index in [4.69, 9.17) is 4.74 Å². The minimum Gasteiger partial charge on any atom is -0.446 e. The van der Waals surface area contributed by atoms with Crippen LogP contribution in [0.25, 0.3) is 0 Å². The topological polar surface area (TPSA) is 26.3 Å². The Morgan fingerprint density at radius 1 is 0.800 bits per heavy atom. The molecule has 0 fully saturated rings. The highest BCUT2D eigenvalue weighted by atomic mass is 31.1. The van der Waals surface area contributed by atoms with Crippen molar-refractivity contribution in [2.24, 2.45) is 0 Å². The molecule has 3 rings (SSSR count). The van der Waals surface area contributed by atoms with Crippen molar-refractivity contribution in [2.45, 2.75) is 12.0 Å². The third-order valence-corrected chi connectivity index (χ3v) is 4.76. The van der Waals surface area contributed by atoms with Crippen LogP contribution >= 0.6 is 8.58 Å². The molecule has 0 saturated heterocycles. The molecule has 0 heterocycles. The molecule has 3 heteroatoms. The lowest BCUT2D eigenvalue weighted by atomic mass is 9.81. The predicted octanol–water partition coefficient (Wildman–Crippen LogP) is 5.62. The van der Waals surface area contributed by atoms with Crippen LogP contribution in [-0.2, 0) is 16.8 Å². The number of carbonyl (C=O) groups is 1. The third kappa shape index (κ3) is 3.97. The van der Waals surface area contributed by atoms with Crippen molar-refractivity contribution in [1.29, 1.82) is 0 Å². The molecule has 25 heavy (non-hydrogen) atoms.